The van der Waals surface area contributed by atoms with Gasteiger partial charge >= 0.3 is 0 Å². The maximum atomic E-state index is 13.7. The standard InChI is InChI=1S/C12H10BrClF2N2O/c1-6-8(5-14)12(18(2)17-6)19-10-4-7(13)3-9(15)11(10)16/h3-4H,5H2,1-2H3. The Morgan fingerprint density at radius 2 is 2.11 bits per heavy atom. The molecule has 0 aliphatic rings. The second-order valence-electron chi connectivity index (χ2n) is 3.93. The van der Waals surface area contributed by atoms with Gasteiger partial charge in [-0.3, -0.25) is 0 Å². The fraction of sp³-hybridized carbons (Fsp3) is 0.250. The van der Waals surface area contributed by atoms with Gasteiger partial charge in [0, 0.05) is 11.5 Å². The van der Waals surface area contributed by atoms with Gasteiger partial charge in [-0.05, 0) is 19.1 Å². The number of ether oxygens (including phenoxy) is 1. The Morgan fingerprint density at radius 3 is 2.74 bits per heavy atom. The molecule has 0 amide bonds. The molecule has 0 aliphatic carbocycles. The van der Waals surface area contributed by atoms with Gasteiger partial charge in [0.05, 0.1) is 17.1 Å². The fourth-order valence-electron chi connectivity index (χ4n) is 1.67. The highest BCUT2D eigenvalue weighted by Crippen LogP contribution is 2.32. The molecule has 1 aromatic heterocycles. The molecule has 0 bridgehead atoms. The van der Waals surface area contributed by atoms with Gasteiger partial charge in [0.1, 0.15) is 0 Å². The van der Waals surface area contributed by atoms with Crippen molar-refractivity contribution in [3.8, 4) is 11.6 Å². The third-order valence-electron chi connectivity index (χ3n) is 2.59. The van der Waals surface area contributed by atoms with E-state index in [2.05, 4.69) is 21.0 Å². The number of aromatic nitrogens is 2. The monoisotopic (exact) mass is 350 g/mol. The third-order valence-corrected chi connectivity index (χ3v) is 3.31. The average molecular weight is 352 g/mol. The Kier molecular flexibility index (Phi) is 4.10. The smallest absolute Gasteiger partial charge is 0.222 e. The molecule has 0 saturated heterocycles. The summed E-state index contributed by atoms with van der Waals surface area (Å²) in [5.41, 5.74) is 1.33. The molecular formula is C12H10BrClF2N2O. The molecule has 0 atom stereocenters. The lowest BCUT2D eigenvalue weighted by molar-refractivity contribution is 0.385. The van der Waals surface area contributed by atoms with E-state index in [1.165, 1.54) is 10.7 Å². The summed E-state index contributed by atoms with van der Waals surface area (Å²) in [5.74, 6) is -1.80. The summed E-state index contributed by atoms with van der Waals surface area (Å²) in [6.07, 6.45) is 0. The Balaban J connectivity index is 2.47. The van der Waals surface area contributed by atoms with E-state index in [0.717, 1.165) is 6.07 Å². The van der Waals surface area contributed by atoms with Crippen LogP contribution in [0.3, 0.4) is 0 Å². The minimum atomic E-state index is -1.05. The number of rotatable bonds is 3. The van der Waals surface area contributed by atoms with Crippen molar-refractivity contribution >= 4 is 27.5 Å². The lowest BCUT2D eigenvalue weighted by Crippen LogP contribution is -1.99. The van der Waals surface area contributed by atoms with Gasteiger partial charge in [-0.2, -0.15) is 9.49 Å². The maximum absolute atomic E-state index is 13.7. The summed E-state index contributed by atoms with van der Waals surface area (Å²) in [4.78, 5) is 0. The Morgan fingerprint density at radius 1 is 1.42 bits per heavy atom. The Labute approximate surface area is 122 Å². The van der Waals surface area contributed by atoms with E-state index in [9.17, 15) is 8.78 Å². The number of alkyl halides is 1. The van der Waals surface area contributed by atoms with Crippen molar-refractivity contribution in [1.82, 2.24) is 9.78 Å². The van der Waals surface area contributed by atoms with Crippen LogP contribution in [0.1, 0.15) is 11.3 Å². The second kappa shape index (κ2) is 5.46. The number of halogens is 4. The molecule has 0 N–H and O–H groups in total. The first-order valence-electron chi connectivity index (χ1n) is 5.35. The van der Waals surface area contributed by atoms with E-state index in [0.29, 0.717) is 21.6 Å². The summed E-state index contributed by atoms with van der Waals surface area (Å²) < 4.78 is 34.2. The van der Waals surface area contributed by atoms with Crippen LogP contribution >= 0.6 is 27.5 Å². The molecule has 0 spiro atoms. The zero-order valence-electron chi connectivity index (χ0n) is 10.2. The average Bonchev–Trinajstić information content (AvgIpc) is 2.60. The van der Waals surface area contributed by atoms with E-state index in [1.54, 1.807) is 14.0 Å². The highest BCUT2D eigenvalue weighted by molar-refractivity contribution is 9.10. The molecule has 1 heterocycles. The van der Waals surface area contributed by atoms with Gasteiger partial charge in [-0.15, -0.1) is 11.6 Å². The zero-order chi connectivity index (χ0) is 14.2. The summed E-state index contributed by atoms with van der Waals surface area (Å²) in [6, 6.07) is 2.37. The predicted octanol–water partition coefficient (Wildman–Crippen LogP) is 4.30. The third kappa shape index (κ3) is 2.74. The minimum absolute atomic E-state index is 0.174. The van der Waals surface area contributed by atoms with Gasteiger partial charge < -0.3 is 4.74 Å². The SMILES string of the molecule is Cc1nn(C)c(Oc2cc(Br)cc(F)c2F)c1CCl. The highest BCUT2D eigenvalue weighted by Gasteiger charge is 2.18. The molecule has 0 aliphatic heterocycles. The van der Waals surface area contributed by atoms with Gasteiger partial charge in [-0.25, -0.2) is 9.07 Å². The summed E-state index contributed by atoms with van der Waals surface area (Å²) in [7, 11) is 1.64. The number of hydrogen-bond donors (Lipinski definition) is 0. The molecular weight excluding hydrogens is 341 g/mol. The quantitative estimate of drug-likeness (QED) is 0.609. The van der Waals surface area contributed by atoms with Crippen molar-refractivity contribution in [3.63, 3.8) is 0 Å². The number of benzene rings is 1. The largest absolute Gasteiger partial charge is 0.436 e. The second-order valence-corrected chi connectivity index (χ2v) is 5.11. The summed E-state index contributed by atoms with van der Waals surface area (Å²) in [5, 5.41) is 4.13. The molecule has 2 rings (SSSR count). The number of aryl methyl sites for hydroxylation is 2. The molecule has 7 heteroatoms. The van der Waals surface area contributed by atoms with E-state index >= 15 is 0 Å². The molecule has 1 aromatic carbocycles. The van der Waals surface area contributed by atoms with Gasteiger partial charge in [0.25, 0.3) is 0 Å². The van der Waals surface area contributed by atoms with Crippen LogP contribution in [0.2, 0.25) is 0 Å². The first-order valence-corrected chi connectivity index (χ1v) is 6.67. The van der Waals surface area contributed by atoms with Crippen LogP contribution in [-0.2, 0) is 12.9 Å². The maximum Gasteiger partial charge on any atom is 0.222 e. The first-order chi connectivity index (χ1) is 8.93. The number of hydrogen-bond acceptors (Lipinski definition) is 2. The van der Waals surface area contributed by atoms with Crippen LogP contribution in [0.25, 0.3) is 0 Å². The van der Waals surface area contributed by atoms with Gasteiger partial charge in [0.15, 0.2) is 11.6 Å². The lowest BCUT2D eigenvalue weighted by atomic mass is 10.3. The summed E-state index contributed by atoms with van der Waals surface area (Å²) >= 11 is 8.89. The van der Waals surface area contributed by atoms with Crippen LogP contribution in [0.4, 0.5) is 8.78 Å². The van der Waals surface area contributed by atoms with Crippen molar-refractivity contribution in [1.29, 1.82) is 0 Å². The van der Waals surface area contributed by atoms with Crippen LogP contribution < -0.4 is 4.74 Å². The van der Waals surface area contributed by atoms with Crippen molar-refractivity contribution in [2.75, 3.05) is 0 Å². The van der Waals surface area contributed by atoms with E-state index < -0.39 is 11.6 Å². The molecule has 0 unspecified atom stereocenters. The normalized spacial score (nSPS) is 10.8. The van der Waals surface area contributed by atoms with E-state index in [1.807, 2.05) is 0 Å². The van der Waals surface area contributed by atoms with Crippen molar-refractivity contribution in [2.24, 2.45) is 7.05 Å². The molecule has 0 fully saturated rings. The van der Waals surface area contributed by atoms with Crippen molar-refractivity contribution < 1.29 is 13.5 Å². The lowest BCUT2D eigenvalue weighted by Gasteiger charge is -2.09. The molecule has 3 nitrogen and oxygen atoms in total. The molecule has 2 aromatic rings. The summed E-state index contributed by atoms with van der Waals surface area (Å²) in [6.45, 7) is 1.77. The van der Waals surface area contributed by atoms with Crippen LogP contribution in [-0.4, -0.2) is 9.78 Å². The molecule has 19 heavy (non-hydrogen) atoms. The van der Waals surface area contributed by atoms with Crippen LogP contribution in [0, 0.1) is 18.6 Å². The predicted molar refractivity (Wildman–Crippen MR) is 71.6 cm³/mol. The Bertz CT molecular complexity index is 631. The van der Waals surface area contributed by atoms with Gasteiger partial charge in [-0.1, -0.05) is 15.9 Å². The minimum Gasteiger partial charge on any atom is -0.436 e. The molecule has 0 radical (unpaired) electrons. The molecule has 0 saturated carbocycles. The van der Waals surface area contributed by atoms with E-state index in [-0.39, 0.29) is 11.6 Å². The van der Waals surface area contributed by atoms with Crippen LogP contribution in [0.15, 0.2) is 16.6 Å². The zero-order valence-corrected chi connectivity index (χ0v) is 12.5. The topological polar surface area (TPSA) is 27.1 Å². The molecule has 102 valence electrons. The fourth-order valence-corrected chi connectivity index (χ4v) is 2.39. The first kappa shape index (κ1) is 14.3. The number of nitrogens with zero attached hydrogens (tertiary/aromatic N) is 2. The highest BCUT2D eigenvalue weighted by atomic mass is 79.9. The van der Waals surface area contributed by atoms with Gasteiger partial charge in [0.2, 0.25) is 11.7 Å². The van der Waals surface area contributed by atoms with E-state index in [4.69, 9.17) is 16.3 Å². The Hall–Kier alpha value is -1.14. The van der Waals surface area contributed by atoms with Crippen molar-refractivity contribution in [3.05, 3.63) is 39.5 Å². The van der Waals surface area contributed by atoms with Crippen molar-refractivity contribution in [2.45, 2.75) is 12.8 Å². The van der Waals surface area contributed by atoms with Crippen LogP contribution in [0.5, 0.6) is 11.6 Å².